The summed E-state index contributed by atoms with van der Waals surface area (Å²) in [6.07, 6.45) is 9.09. The highest BCUT2D eigenvalue weighted by Gasteiger charge is 2.21. The summed E-state index contributed by atoms with van der Waals surface area (Å²) in [7, 11) is -1.08. The van der Waals surface area contributed by atoms with Gasteiger partial charge >= 0.3 is 0 Å². The third-order valence-corrected chi connectivity index (χ3v) is 6.01. The van der Waals surface area contributed by atoms with Gasteiger partial charge in [-0.3, -0.25) is 0 Å². The van der Waals surface area contributed by atoms with Crippen molar-refractivity contribution < 1.29 is 9.53 Å². The summed E-state index contributed by atoms with van der Waals surface area (Å²) < 4.78 is 5.82. The summed E-state index contributed by atoms with van der Waals surface area (Å²) in [6.45, 7) is 4.36. The maximum absolute atomic E-state index is 9.33. The quantitative estimate of drug-likeness (QED) is 0.773. The Morgan fingerprint density at radius 1 is 1.14 bits per heavy atom. The first-order valence-electron chi connectivity index (χ1n) is 8.64. The lowest BCUT2D eigenvalue weighted by Crippen LogP contribution is -2.22. The van der Waals surface area contributed by atoms with E-state index >= 15 is 0 Å². The predicted octanol–water partition coefficient (Wildman–Crippen LogP) is 3.95. The molecule has 1 atom stereocenters. The number of ether oxygens (including phenoxy) is 1. The summed E-state index contributed by atoms with van der Waals surface area (Å²) in [4.78, 5) is 9.33. The van der Waals surface area contributed by atoms with Crippen LogP contribution in [0.2, 0.25) is 0 Å². The highest BCUT2D eigenvalue weighted by molar-refractivity contribution is 6.27. The van der Waals surface area contributed by atoms with Crippen molar-refractivity contribution in [3.63, 3.8) is 0 Å². The molecule has 21 heavy (non-hydrogen) atoms. The molecule has 0 heterocycles. The van der Waals surface area contributed by atoms with Gasteiger partial charge in [-0.15, -0.1) is 0 Å². The van der Waals surface area contributed by atoms with Crippen LogP contribution in [-0.4, -0.2) is 20.3 Å². The van der Waals surface area contributed by atoms with Crippen LogP contribution in [0.1, 0.15) is 70.3 Å². The van der Waals surface area contributed by atoms with Crippen molar-refractivity contribution in [2.45, 2.75) is 70.4 Å². The van der Waals surface area contributed by atoms with E-state index < -0.39 is 9.76 Å². The molecule has 1 aromatic carbocycles. The van der Waals surface area contributed by atoms with Crippen molar-refractivity contribution >= 4 is 9.76 Å². The van der Waals surface area contributed by atoms with Crippen LogP contribution in [0.4, 0.5) is 0 Å². The fraction of sp³-hybridized carbons (Fsp3) is 0.667. The molecule has 0 aromatic heterocycles. The van der Waals surface area contributed by atoms with Gasteiger partial charge in [0.15, 0.2) is 9.76 Å². The number of hydrogen-bond acceptors (Lipinski definition) is 2. The van der Waals surface area contributed by atoms with Gasteiger partial charge in [0.05, 0.1) is 0 Å². The van der Waals surface area contributed by atoms with Gasteiger partial charge in [0, 0.05) is 0 Å². The second-order valence-electron chi connectivity index (χ2n) is 6.41. The fourth-order valence-electron chi connectivity index (χ4n) is 3.45. The average Bonchev–Trinajstić information content (AvgIpc) is 2.54. The Morgan fingerprint density at radius 3 is 2.33 bits per heavy atom. The fourth-order valence-corrected chi connectivity index (χ4v) is 3.98. The first kappa shape index (κ1) is 16.6. The Bertz CT molecular complexity index is 392. The van der Waals surface area contributed by atoms with E-state index in [1.807, 2.05) is 0 Å². The third kappa shape index (κ3) is 4.85. The number of benzene rings is 1. The molecular weight excluding hydrogens is 276 g/mol. The molecule has 1 saturated carbocycles. The number of hydrogen-bond donors (Lipinski definition) is 1. The summed E-state index contributed by atoms with van der Waals surface area (Å²) in [6, 6.07) is 8.62. The standard InChI is InChI=1S/C18H30O2Si/c1-3-5-14-6-8-15(9-7-14)16-10-12-17(13-11-16)20-18(4-2)21-19/h10-15,18-19H,3-9,21H2,1-2H3. The summed E-state index contributed by atoms with van der Waals surface area (Å²) in [5.41, 5.74) is 1.52. The van der Waals surface area contributed by atoms with Crippen LogP contribution in [0.15, 0.2) is 24.3 Å². The molecule has 0 amide bonds. The maximum Gasteiger partial charge on any atom is 0.200 e. The van der Waals surface area contributed by atoms with E-state index in [0.29, 0.717) is 0 Å². The van der Waals surface area contributed by atoms with E-state index in [1.165, 1.54) is 44.1 Å². The monoisotopic (exact) mass is 306 g/mol. The van der Waals surface area contributed by atoms with Crippen LogP contribution in [0.3, 0.4) is 0 Å². The lowest BCUT2D eigenvalue weighted by molar-refractivity contribution is 0.257. The molecule has 0 radical (unpaired) electrons. The van der Waals surface area contributed by atoms with E-state index in [0.717, 1.165) is 24.0 Å². The molecule has 3 heteroatoms. The molecule has 1 aliphatic rings. The van der Waals surface area contributed by atoms with Gasteiger partial charge in [-0.2, -0.15) is 0 Å². The smallest absolute Gasteiger partial charge is 0.200 e. The van der Waals surface area contributed by atoms with Crippen molar-refractivity contribution in [3.8, 4) is 5.75 Å². The van der Waals surface area contributed by atoms with Gasteiger partial charge in [0.2, 0.25) is 0 Å². The normalized spacial score (nSPS) is 24.3. The molecule has 0 bridgehead atoms. The Labute approximate surface area is 131 Å². The zero-order valence-electron chi connectivity index (χ0n) is 13.6. The molecule has 2 nitrogen and oxygen atoms in total. The van der Waals surface area contributed by atoms with Crippen molar-refractivity contribution in [1.82, 2.24) is 0 Å². The molecule has 118 valence electrons. The van der Waals surface area contributed by atoms with Gasteiger partial charge in [0.25, 0.3) is 0 Å². The third-order valence-electron chi connectivity index (χ3n) is 4.86. The number of rotatable bonds is 7. The molecule has 1 aromatic rings. The zero-order chi connectivity index (χ0) is 15.1. The summed E-state index contributed by atoms with van der Waals surface area (Å²) >= 11 is 0. The van der Waals surface area contributed by atoms with Gasteiger partial charge in [0.1, 0.15) is 11.5 Å². The predicted molar refractivity (Wildman–Crippen MR) is 91.5 cm³/mol. The molecule has 0 spiro atoms. The SMILES string of the molecule is CCCC1CCC(c2ccc(OC(CC)[SiH2]O)cc2)CC1. The van der Waals surface area contributed by atoms with Crippen LogP contribution in [0, 0.1) is 5.92 Å². The van der Waals surface area contributed by atoms with E-state index in [-0.39, 0.29) is 5.73 Å². The van der Waals surface area contributed by atoms with Gasteiger partial charge in [-0.25, -0.2) is 0 Å². The Morgan fingerprint density at radius 2 is 1.81 bits per heavy atom. The van der Waals surface area contributed by atoms with Crippen molar-refractivity contribution in [2.75, 3.05) is 0 Å². The van der Waals surface area contributed by atoms with E-state index in [1.54, 1.807) is 0 Å². The molecular formula is C18H30O2Si. The van der Waals surface area contributed by atoms with E-state index in [4.69, 9.17) is 4.74 Å². The second kappa shape index (κ2) is 8.59. The van der Waals surface area contributed by atoms with Gasteiger partial charge < -0.3 is 9.53 Å². The van der Waals surface area contributed by atoms with Crippen molar-refractivity contribution in [2.24, 2.45) is 5.92 Å². The Kier molecular flexibility index (Phi) is 6.78. The maximum atomic E-state index is 9.33. The van der Waals surface area contributed by atoms with Crippen molar-refractivity contribution in [1.29, 1.82) is 0 Å². The molecule has 1 aliphatic carbocycles. The topological polar surface area (TPSA) is 29.5 Å². The van der Waals surface area contributed by atoms with Crippen LogP contribution in [-0.2, 0) is 0 Å². The highest BCUT2D eigenvalue weighted by Crippen LogP contribution is 2.37. The van der Waals surface area contributed by atoms with E-state index in [9.17, 15) is 4.80 Å². The Hall–Kier alpha value is -0.803. The molecule has 0 aliphatic heterocycles. The minimum absolute atomic E-state index is 0.0559. The van der Waals surface area contributed by atoms with Crippen LogP contribution in [0.5, 0.6) is 5.75 Å². The lowest BCUT2D eigenvalue weighted by atomic mass is 9.77. The summed E-state index contributed by atoms with van der Waals surface area (Å²) in [5.74, 6) is 2.61. The molecule has 0 saturated heterocycles. The molecule has 2 rings (SSSR count). The highest BCUT2D eigenvalue weighted by atomic mass is 28.2. The summed E-state index contributed by atoms with van der Waals surface area (Å²) in [5, 5.41) is 0. The first-order valence-corrected chi connectivity index (χ1v) is 10.1. The van der Waals surface area contributed by atoms with Crippen LogP contribution >= 0.6 is 0 Å². The minimum atomic E-state index is -1.08. The van der Waals surface area contributed by atoms with Crippen LogP contribution in [0.25, 0.3) is 0 Å². The molecule has 1 N–H and O–H groups in total. The average molecular weight is 307 g/mol. The zero-order valence-corrected chi connectivity index (χ0v) is 15.0. The molecule has 1 fully saturated rings. The largest absolute Gasteiger partial charge is 0.492 e. The van der Waals surface area contributed by atoms with Gasteiger partial charge in [-0.1, -0.05) is 38.8 Å². The lowest BCUT2D eigenvalue weighted by Gasteiger charge is -2.28. The Balaban J connectivity index is 1.88. The van der Waals surface area contributed by atoms with E-state index in [2.05, 4.69) is 38.1 Å². The first-order chi connectivity index (χ1) is 10.3. The second-order valence-corrected chi connectivity index (χ2v) is 7.68. The minimum Gasteiger partial charge on any atom is -0.492 e. The van der Waals surface area contributed by atoms with Gasteiger partial charge in [-0.05, 0) is 61.6 Å². The van der Waals surface area contributed by atoms with Crippen molar-refractivity contribution in [3.05, 3.63) is 29.8 Å². The molecule has 1 unspecified atom stereocenters. The van der Waals surface area contributed by atoms with Crippen LogP contribution < -0.4 is 4.74 Å².